The maximum absolute atomic E-state index is 4.63. The first-order chi connectivity index (χ1) is 9.22. The summed E-state index contributed by atoms with van der Waals surface area (Å²) >= 11 is 0. The number of rotatable bonds is 6. The van der Waals surface area contributed by atoms with Gasteiger partial charge in [-0.25, -0.2) is 0 Å². The maximum Gasteiger partial charge on any atom is 0.0579 e. The molecule has 0 spiro atoms. The predicted octanol–water partition coefficient (Wildman–Crippen LogP) is 2.50. The maximum atomic E-state index is 4.63. The Hall–Kier alpha value is -1.68. The second kappa shape index (κ2) is 6.48. The Kier molecular flexibility index (Phi) is 4.68. The minimum atomic E-state index is 0.249. The number of likely N-dealkylation sites (N-methyl/N-ethyl adjacent to an activating group) is 1. The Morgan fingerprint density at radius 1 is 1.32 bits per heavy atom. The third-order valence-electron chi connectivity index (χ3n) is 3.17. The van der Waals surface area contributed by atoms with E-state index in [1.165, 1.54) is 5.56 Å². The molecule has 2 rings (SSSR count). The van der Waals surface area contributed by atoms with Gasteiger partial charge in [0.2, 0.25) is 0 Å². The predicted molar refractivity (Wildman–Crippen MR) is 77.0 cm³/mol. The molecule has 0 aliphatic rings. The van der Waals surface area contributed by atoms with Crippen LogP contribution < -0.4 is 5.32 Å². The lowest BCUT2D eigenvalue weighted by atomic mass is 10.1. The van der Waals surface area contributed by atoms with Gasteiger partial charge in [-0.15, -0.1) is 0 Å². The SMILES string of the molecule is CCNC(Cc1cnn(CC)c1)c1cccc(C)n1. The van der Waals surface area contributed by atoms with Crippen LogP contribution in [0.2, 0.25) is 0 Å². The lowest BCUT2D eigenvalue weighted by molar-refractivity contribution is 0.535. The van der Waals surface area contributed by atoms with E-state index in [9.17, 15) is 0 Å². The molecule has 1 atom stereocenters. The van der Waals surface area contributed by atoms with Gasteiger partial charge < -0.3 is 5.32 Å². The lowest BCUT2D eigenvalue weighted by Crippen LogP contribution is -2.24. The quantitative estimate of drug-likeness (QED) is 0.865. The normalized spacial score (nSPS) is 12.6. The Labute approximate surface area is 114 Å². The molecular formula is C15H22N4. The standard InChI is InChI=1S/C15H22N4/c1-4-16-15(14-8-6-7-12(3)18-14)9-13-10-17-19(5-2)11-13/h6-8,10-11,15-16H,4-5,9H2,1-3H3. The molecule has 4 heteroatoms. The highest BCUT2D eigenvalue weighted by atomic mass is 15.3. The van der Waals surface area contributed by atoms with Gasteiger partial charge in [0, 0.05) is 18.4 Å². The van der Waals surface area contributed by atoms with Gasteiger partial charge in [-0.1, -0.05) is 13.0 Å². The number of hydrogen-bond acceptors (Lipinski definition) is 3. The van der Waals surface area contributed by atoms with E-state index >= 15 is 0 Å². The Morgan fingerprint density at radius 2 is 2.16 bits per heavy atom. The molecule has 1 unspecified atom stereocenters. The highest BCUT2D eigenvalue weighted by Crippen LogP contribution is 2.16. The second-order valence-electron chi connectivity index (χ2n) is 4.72. The molecule has 4 nitrogen and oxygen atoms in total. The molecular weight excluding hydrogens is 236 g/mol. The molecule has 2 aromatic rings. The summed E-state index contributed by atoms with van der Waals surface area (Å²) in [5.41, 5.74) is 3.41. The van der Waals surface area contributed by atoms with Gasteiger partial charge in [-0.2, -0.15) is 5.10 Å². The van der Waals surface area contributed by atoms with Gasteiger partial charge in [0.25, 0.3) is 0 Å². The average Bonchev–Trinajstić information content (AvgIpc) is 2.86. The molecule has 0 aliphatic heterocycles. The van der Waals surface area contributed by atoms with Crippen LogP contribution in [0.25, 0.3) is 0 Å². The molecule has 102 valence electrons. The van der Waals surface area contributed by atoms with Crippen LogP contribution in [-0.4, -0.2) is 21.3 Å². The zero-order valence-corrected chi connectivity index (χ0v) is 11.9. The Bertz CT molecular complexity index is 518. The van der Waals surface area contributed by atoms with E-state index in [2.05, 4.69) is 47.6 Å². The van der Waals surface area contributed by atoms with Crippen molar-refractivity contribution in [2.24, 2.45) is 0 Å². The number of nitrogens with one attached hydrogen (secondary N) is 1. The summed E-state index contributed by atoms with van der Waals surface area (Å²) in [4.78, 5) is 4.63. The van der Waals surface area contributed by atoms with Crippen LogP contribution >= 0.6 is 0 Å². The Morgan fingerprint density at radius 3 is 2.79 bits per heavy atom. The molecule has 19 heavy (non-hydrogen) atoms. The summed E-state index contributed by atoms with van der Waals surface area (Å²) in [7, 11) is 0. The molecule has 0 bridgehead atoms. The molecule has 0 fully saturated rings. The number of aromatic nitrogens is 3. The van der Waals surface area contributed by atoms with E-state index in [1.807, 2.05) is 23.9 Å². The fraction of sp³-hybridized carbons (Fsp3) is 0.467. The van der Waals surface area contributed by atoms with Gasteiger partial charge >= 0.3 is 0 Å². The molecule has 0 aliphatic carbocycles. The van der Waals surface area contributed by atoms with Crippen LogP contribution in [0.5, 0.6) is 0 Å². The summed E-state index contributed by atoms with van der Waals surface area (Å²) in [6, 6.07) is 6.43. The highest BCUT2D eigenvalue weighted by molar-refractivity contribution is 5.17. The van der Waals surface area contributed by atoms with E-state index in [0.29, 0.717) is 0 Å². The fourth-order valence-electron chi connectivity index (χ4n) is 2.21. The van der Waals surface area contributed by atoms with Gasteiger partial charge in [0.1, 0.15) is 0 Å². The van der Waals surface area contributed by atoms with E-state index < -0.39 is 0 Å². The van der Waals surface area contributed by atoms with E-state index in [0.717, 1.165) is 30.9 Å². The molecule has 0 saturated carbocycles. The minimum absolute atomic E-state index is 0.249. The van der Waals surface area contributed by atoms with Crippen molar-refractivity contribution in [2.45, 2.75) is 39.8 Å². The molecule has 0 saturated heterocycles. The van der Waals surface area contributed by atoms with Crippen molar-refractivity contribution in [2.75, 3.05) is 6.54 Å². The fourth-order valence-corrected chi connectivity index (χ4v) is 2.21. The van der Waals surface area contributed by atoms with E-state index in [-0.39, 0.29) is 6.04 Å². The lowest BCUT2D eigenvalue weighted by Gasteiger charge is -2.17. The van der Waals surface area contributed by atoms with Crippen molar-refractivity contribution in [3.63, 3.8) is 0 Å². The average molecular weight is 258 g/mol. The van der Waals surface area contributed by atoms with E-state index in [4.69, 9.17) is 0 Å². The zero-order valence-electron chi connectivity index (χ0n) is 11.9. The van der Waals surface area contributed by atoms with Crippen LogP contribution in [0.4, 0.5) is 0 Å². The largest absolute Gasteiger partial charge is 0.309 e. The van der Waals surface area contributed by atoms with Gasteiger partial charge in [-0.3, -0.25) is 9.67 Å². The number of pyridine rings is 1. The van der Waals surface area contributed by atoms with Crippen molar-refractivity contribution < 1.29 is 0 Å². The smallest absolute Gasteiger partial charge is 0.0579 e. The van der Waals surface area contributed by atoms with Crippen molar-refractivity contribution >= 4 is 0 Å². The van der Waals surface area contributed by atoms with Crippen molar-refractivity contribution in [1.29, 1.82) is 0 Å². The molecule has 0 amide bonds. The van der Waals surface area contributed by atoms with Crippen LogP contribution in [0.1, 0.15) is 36.8 Å². The van der Waals surface area contributed by atoms with Crippen molar-refractivity contribution in [3.05, 3.63) is 47.5 Å². The third kappa shape index (κ3) is 3.64. The molecule has 2 aromatic heterocycles. The summed E-state index contributed by atoms with van der Waals surface area (Å²) < 4.78 is 1.96. The zero-order chi connectivity index (χ0) is 13.7. The highest BCUT2D eigenvalue weighted by Gasteiger charge is 2.13. The first-order valence-electron chi connectivity index (χ1n) is 6.91. The summed E-state index contributed by atoms with van der Waals surface area (Å²) in [6.07, 6.45) is 4.98. The topological polar surface area (TPSA) is 42.7 Å². The molecule has 0 aromatic carbocycles. The van der Waals surface area contributed by atoms with Crippen molar-refractivity contribution in [3.8, 4) is 0 Å². The van der Waals surface area contributed by atoms with Gasteiger partial charge in [-0.05, 0) is 44.5 Å². The van der Waals surface area contributed by atoms with Gasteiger partial charge in [0.05, 0.1) is 17.9 Å². The summed E-state index contributed by atoms with van der Waals surface area (Å²) in [5.74, 6) is 0. The second-order valence-corrected chi connectivity index (χ2v) is 4.72. The monoisotopic (exact) mass is 258 g/mol. The van der Waals surface area contributed by atoms with Crippen LogP contribution in [0.3, 0.4) is 0 Å². The third-order valence-corrected chi connectivity index (χ3v) is 3.17. The first kappa shape index (κ1) is 13.7. The van der Waals surface area contributed by atoms with Crippen LogP contribution in [-0.2, 0) is 13.0 Å². The number of aryl methyl sites for hydroxylation is 2. The van der Waals surface area contributed by atoms with Crippen LogP contribution in [0, 0.1) is 6.92 Å². The number of hydrogen-bond donors (Lipinski definition) is 1. The summed E-state index contributed by atoms with van der Waals surface area (Å²) in [5, 5.41) is 7.83. The summed E-state index contributed by atoms with van der Waals surface area (Å²) in [6.45, 7) is 8.09. The van der Waals surface area contributed by atoms with Gasteiger partial charge in [0.15, 0.2) is 0 Å². The van der Waals surface area contributed by atoms with Crippen molar-refractivity contribution in [1.82, 2.24) is 20.1 Å². The number of nitrogens with zero attached hydrogens (tertiary/aromatic N) is 3. The first-order valence-corrected chi connectivity index (χ1v) is 6.91. The minimum Gasteiger partial charge on any atom is -0.309 e. The Balaban J connectivity index is 2.15. The molecule has 2 heterocycles. The molecule has 1 N–H and O–H groups in total. The molecule has 0 radical (unpaired) electrons. The van der Waals surface area contributed by atoms with Crippen LogP contribution in [0.15, 0.2) is 30.6 Å². The van der Waals surface area contributed by atoms with E-state index in [1.54, 1.807) is 0 Å².